The van der Waals surface area contributed by atoms with Crippen molar-refractivity contribution in [3.63, 3.8) is 0 Å². The third-order valence-electron chi connectivity index (χ3n) is 5.18. The van der Waals surface area contributed by atoms with Crippen LogP contribution in [0.4, 0.5) is 10.1 Å². The Morgan fingerprint density at radius 2 is 2.00 bits per heavy atom. The van der Waals surface area contributed by atoms with Crippen molar-refractivity contribution in [2.45, 2.75) is 13.5 Å². The number of methoxy groups -OCH3 is 1. The molecular formula is C23H24FN3O3. The van der Waals surface area contributed by atoms with E-state index >= 15 is 0 Å². The number of carbonyl (C=O) groups excluding carboxylic acids is 1. The molecule has 0 bridgehead atoms. The van der Waals surface area contributed by atoms with Gasteiger partial charge in [-0.05, 0) is 35.9 Å². The molecule has 2 heterocycles. The van der Waals surface area contributed by atoms with Crippen molar-refractivity contribution in [2.24, 2.45) is 0 Å². The highest BCUT2D eigenvalue weighted by Gasteiger charge is 2.16. The van der Waals surface area contributed by atoms with E-state index in [1.165, 1.54) is 13.0 Å². The molecule has 1 aliphatic heterocycles. The number of fused-ring (bicyclic) bond motifs is 1. The topological polar surface area (TPSA) is 63.7 Å². The van der Waals surface area contributed by atoms with Crippen molar-refractivity contribution < 1.29 is 18.7 Å². The van der Waals surface area contributed by atoms with Gasteiger partial charge in [0.15, 0.2) is 0 Å². The number of carbonyl (C=O) groups is 1. The maximum Gasteiger partial charge on any atom is 0.221 e. The highest BCUT2D eigenvalue weighted by molar-refractivity contribution is 5.89. The summed E-state index contributed by atoms with van der Waals surface area (Å²) in [5, 5.41) is 3.54. The van der Waals surface area contributed by atoms with Gasteiger partial charge in [0.05, 0.1) is 37.2 Å². The van der Waals surface area contributed by atoms with E-state index in [0.717, 1.165) is 55.1 Å². The zero-order chi connectivity index (χ0) is 21.1. The second-order valence-electron chi connectivity index (χ2n) is 7.31. The number of morpholine rings is 1. The molecule has 1 fully saturated rings. The van der Waals surface area contributed by atoms with E-state index in [4.69, 9.17) is 14.5 Å². The lowest BCUT2D eigenvalue weighted by Crippen LogP contribution is -2.35. The third-order valence-corrected chi connectivity index (χ3v) is 5.18. The van der Waals surface area contributed by atoms with Gasteiger partial charge in [0.25, 0.3) is 0 Å². The molecule has 1 N–H and O–H groups in total. The average molecular weight is 409 g/mol. The predicted molar refractivity (Wildman–Crippen MR) is 114 cm³/mol. The Morgan fingerprint density at radius 3 is 2.70 bits per heavy atom. The molecule has 3 aromatic rings. The average Bonchev–Trinajstić information content (AvgIpc) is 2.75. The van der Waals surface area contributed by atoms with Crippen LogP contribution in [0.2, 0.25) is 0 Å². The minimum Gasteiger partial charge on any atom is -0.497 e. The SMILES string of the molecule is COc1ccc2c(CN3CCOCC3)cc(-c3ccc(NC(C)=O)c(F)c3)nc2c1. The van der Waals surface area contributed by atoms with Crippen LogP contribution >= 0.6 is 0 Å². The molecule has 0 atom stereocenters. The largest absolute Gasteiger partial charge is 0.497 e. The molecule has 0 unspecified atom stereocenters. The monoisotopic (exact) mass is 409 g/mol. The predicted octanol–water partition coefficient (Wildman–Crippen LogP) is 3.84. The van der Waals surface area contributed by atoms with Crippen LogP contribution in [-0.2, 0) is 16.1 Å². The van der Waals surface area contributed by atoms with E-state index in [2.05, 4.69) is 10.2 Å². The van der Waals surface area contributed by atoms with E-state index in [1.807, 2.05) is 24.3 Å². The molecule has 7 heteroatoms. The second kappa shape index (κ2) is 8.77. The van der Waals surface area contributed by atoms with Crippen LogP contribution in [0, 0.1) is 5.82 Å². The number of pyridine rings is 1. The van der Waals surface area contributed by atoms with Crippen molar-refractivity contribution in [3.05, 3.63) is 53.8 Å². The van der Waals surface area contributed by atoms with Gasteiger partial charge >= 0.3 is 0 Å². The maximum atomic E-state index is 14.5. The van der Waals surface area contributed by atoms with Crippen LogP contribution in [-0.4, -0.2) is 49.2 Å². The first-order valence-electron chi connectivity index (χ1n) is 9.89. The first-order chi connectivity index (χ1) is 14.5. The summed E-state index contributed by atoms with van der Waals surface area (Å²) in [6.45, 7) is 5.29. The fourth-order valence-corrected chi connectivity index (χ4v) is 3.65. The number of anilines is 1. The summed E-state index contributed by atoms with van der Waals surface area (Å²) >= 11 is 0. The van der Waals surface area contributed by atoms with Crippen molar-refractivity contribution >= 4 is 22.5 Å². The molecule has 1 aliphatic rings. The number of nitrogens with zero attached hydrogens (tertiary/aromatic N) is 2. The quantitative estimate of drug-likeness (QED) is 0.694. The van der Waals surface area contributed by atoms with Crippen LogP contribution in [0.1, 0.15) is 12.5 Å². The van der Waals surface area contributed by atoms with Gasteiger partial charge < -0.3 is 14.8 Å². The smallest absolute Gasteiger partial charge is 0.221 e. The van der Waals surface area contributed by atoms with E-state index in [0.29, 0.717) is 11.3 Å². The number of amides is 1. The Hall–Kier alpha value is -3.03. The van der Waals surface area contributed by atoms with E-state index in [9.17, 15) is 9.18 Å². The summed E-state index contributed by atoms with van der Waals surface area (Å²) in [5.41, 5.74) is 3.39. The molecular weight excluding hydrogens is 385 g/mol. The minimum atomic E-state index is -0.495. The molecule has 6 nitrogen and oxygen atoms in total. The summed E-state index contributed by atoms with van der Waals surface area (Å²) in [6.07, 6.45) is 0. The summed E-state index contributed by atoms with van der Waals surface area (Å²) < 4.78 is 25.3. The molecule has 1 saturated heterocycles. The van der Waals surface area contributed by atoms with Gasteiger partial charge in [-0.1, -0.05) is 6.07 Å². The van der Waals surface area contributed by atoms with Crippen LogP contribution in [0.5, 0.6) is 5.75 Å². The van der Waals surface area contributed by atoms with Crippen molar-refractivity contribution in [1.82, 2.24) is 9.88 Å². The van der Waals surface area contributed by atoms with Crippen molar-refractivity contribution in [2.75, 3.05) is 38.7 Å². The van der Waals surface area contributed by atoms with Crippen LogP contribution < -0.4 is 10.1 Å². The Labute approximate surface area is 174 Å². The zero-order valence-corrected chi connectivity index (χ0v) is 17.1. The Kier molecular flexibility index (Phi) is 5.92. The van der Waals surface area contributed by atoms with E-state index < -0.39 is 5.82 Å². The minimum absolute atomic E-state index is 0.155. The third kappa shape index (κ3) is 4.42. The first-order valence-corrected chi connectivity index (χ1v) is 9.89. The standard InChI is InChI=1S/C23H24FN3O3/c1-15(28)25-21-6-3-16(11-20(21)24)22-12-17(14-27-7-9-30-10-8-27)19-5-4-18(29-2)13-23(19)26-22/h3-6,11-13H,7-10,14H2,1-2H3,(H,25,28). The van der Waals surface area contributed by atoms with Gasteiger partial charge in [0, 0.05) is 43.6 Å². The van der Waals surface area contributed by atoms with E-state index in [1.54, 1.807) is 19.2 Å². The zero-order valence-electron chi connectivity index (χ0n) is 17.1. The maximum absolute atomic E-state index is 14.5. The number of hydrogen-bond acceptors (Lipinski definition) is 5. The highest BCUT2D eigenvalue weighted by Crippen LogP contribution is 2.30. The number of halogens is 1. The summed E-state index contributed by atoms with van der Waals surface area (Å²) in [4.78, 5) is 18.3. The molecule has 0 spiro atoms. The number of rotatable bonds is 5. The van der Waals surface area contributed by atoms with Gasteiger partial charge in [-0.15, -0.1) is 0 Å². The molecule has 4 rings (SSSR count). The van der Waals surface area contributed by atoms with Gasteiger partial charge in [-0.25, -0.2) is 9.37 Å². The molecule has 0 radical (unpaired) electrons. The van der Waals surface area contributed by atoms with E-state index in [-0.39, 0.29) is 11.6 Å². The Balaban J connectivity index is 1.77. The second-order valence-corrected chi connectivity index (χ2v) is 7.31. The number of nitrogens with one attached hydrogen (secondary N) is 1. The van der Waals surface area contributed by atoms with Gasteiger partial charge in [0.1, 0.15) is 11.6 Å². The number of ether oxygens (including phenoxy) is 2. The van der Waals surface area contributed by atoms with Gasteiger partial charge in [0.2, 0.25) is 5.91 Å². The molecule has 1 aromatic heterocycles. The van der Waals surface area contributed by atoms with Crippen molar-refractivity contribution in [3.8, 4) is 17.0 Å². The summed E-state index contributed by atoms with van der Waals surface area (Å²) in [6, 6.07) is 12.6. The number of aromatic nitrogens is 1. The molecule has 2 aromatic carbocycles. The first kappa shape index (κ1) is 20.3. The normalized spacial score (nSPS) is 14.6. The van der Waals surface area contributed by atoms with Gasteiger partial charge in [-0.3, -0.25) is 9.69 Å². The Morgan fingerprint density at radius 1 is 1.20 bits per heavy atom. The van der Waals surface area contributed by atoms with Gasteiger partial charge in [-0.2, -0.15) is 0 Å². The molecule has 0 saturated carbocycles. The number of benzene rings is 2. The Bertz CT molecular complexity index is 1080. The molecule has 156 valence electrons. The fraction of sp³-hybridized carbons (Fsp3) is 0.304. The lowest BCUT2D eigenvalue weighted by atomic mass is 10.0. The molecule has 30 heavy (non-hydrogen) atoms. The highest BCUT2D eigenvalue weighted by atomic mass is 19.1. The summed E-state index contributed by atoms with van der Waals surface area (Å²) in [5.74, 6) is -0.0907. The van der Waals surface area contributed by atoms with Crippen LogP contribution in [0.15, 0.2) is 42.5 Å². The van der Waals surface area contributed by atoms with Crippen LogP contribution in [0.25, 0.3) is 22.2 Å². The lowest BCUT2D eigenvalue weighted by Gasteiger charge is -2.27. The number of hydrogen-bond donors (Lipinski definition) is 1. The molecule has 1 amide bonds. The molecule has 0 aliphatic carbocycles. The van der Waals surface area contributed by atoms with Crippen molar-refractivity contribution in [1.29, 1.82) is 0 Å². The van der Waals surface area contributed by atoms with Crippen LogP contribution in [0.3, 0.4) is 0 Å². The lowest BCUT2D eigenvalue weighted by molar-refractivity contribution is -0.114. The summed E-state index contributed by atoms with van der Waals surface area (Å²) in [7, 11) is 1.62. The fourth-order valence-electron chi connectivity index (χ4n) is 3.65.